The van der Waals surface area contributed by atoms with Crippen molar-refractivity contribution in [1.29, 1.82) is 0 Å². The van der Waals surface area contributed by atoms with Gasteiger partial charge in [0.25, 0.3) is 0 Å². The second-order valence-electron chi connectivity index (χ2n) is 6.46. The van der Waals surface area contributed by atoms with Crippen LogP contribution < -0.4 is 0 Å². The van der Waals surface area contributed by atoms with Crippen molar-refractivity contribution in [1.82, 2.24) is 0 Å². The second kappa shape index (κ2) is 10.4. The van der Waals surface area contributed by atoms with E-state index < -0.39 is 18.2 Å². The molecule has 0 saturated heterocycles. The Bertz CT molecular complexity index is 311. The Kier molecular flexibility index (Phi) is 10.2. The van der Waals surface area contributed by atoms with Crippen molar-refractivity contribution in [2.45, 2.75) is 89.7 Å². The fourth-order valence-electron chi connectivity index (χ4n) is 1.86. The van der Waals surface area contributed by atoms with Crippen LogP contribution in [0.15, 0.2) is 0 Å². The Labute approximate surface area is 136 Å². The molecule has 0 aromatic heterocycles. The van der Waals surface area contributed by atoms with E-state index in [1.165, 1.54) is 11.8 Å². The average molecular weight is 342 g/mol. The lowest BCUT2D eigenvalue weighted by Gasteiger charge is -2.23. The number of halogens is 3. The SMILES string of the molecule is CCCCC(SCCCCCC(F)(F)F)C(=O)OC(C)(C)C. The number of thioether (sulfide) groups is 1. The zero-order chi connectivity index (χ0) is 17.2. The lowest BCUT2D eigenvalue weighted by atomic mass is 10.1. The van der Waals surface area contributed by atoms with E-state index in [4.69, 9.17) is 4.74 Å². The molecule has 2 nitrogen and oxygen atoms in total. The zero-order valence-electron chi connectivity index (χ0n) is 14.1. The molecule has 6 heteroatoms. The highest BCUT2D eigenvalue weighted by Crippen LogP contribution is 2.25. The molecule has 0 aliphatic rings. The van der Waals surface area contributed by atoms with Crippen LogP contribution in [0.2, 0.25) is 0 Å². The Morgan fingerprint density at radius 2 is 1.73 bits per heavy atom. The summed E-state index contributed by atoms with van der Waals surface area (Å²) in [4.78, 5) is 12.1. The smallest absolute Gasteiger partial charge is 0.389 e. The fourth-order valence-corrected chi connectivity index (χ4v) is 3.03. The van der Waals surface area contributed by atoms with Gasteiger partial charge in [0.05, 0.1) is 0 Å². The molecule has 0 fully saturated rings. The molecule has 0 rings (SSSR count). The standard InChI is InChI=1S/C16H29F3O2S/c1-5-6-10-13(14(20)21-15(2,3)4)22-12-9-7-8-11-16(17,18)19/h13H,5-12H2,1-4H3. The summed E-state index contributed by atoms with van der Waals surface area (Å²) >= 11 is 1.51. The molecule has 1 unspecified atom stereocenters. The van der Waals surface area contributed by atoms with Crippen molar-refractivity contribution in [2.75, 3.05) is 5.75 Å². The molecule has 0 aliphatic carbocycles. The first-order chi connectivity index (χ1) is 10.0. The van der Waals surface area contributed by atoms with Gasteiger partial charge in [-0.25, -0.2) is 0 Å². The van der Waals surface area contributed by atoms with E-state index in [0.29, 0.717) is 18.6 Å². The Hall–Kier alpha value is -0.390. The molecule has 0 N–H and O–H groups in total. The largest absolute Gasteiger partial charge is 0.459 e. The molecule has 0 aromatic carbocycles. The number of hydrogen-bond acceptors (Lipinski definition) is 3. The van der Waals surface area contributed by atoms with Gasteiger partial charge in [0, 0.05) is 6.42 Å². The quantitative estimate of drug-likeness (QED) is 0.374. The molecular weight excluding hydrogens is 313 g/mol. The number of unbranched alkanes of at least 4 members (excludes halogenated alkanes) is 3. The molecule has 132 valence electrons. The van der Waals surface area contributed by atoms with E-state index in [9.17, 15) is 18.0 Å². The third-order valence-electron chi connectivity index (χ3n) is 2.91. The van der Waals surface area contributed by atoms with Gasteiger partial charge in [-0.05, 0) is 45.8 Å². The van der Waals surface area contributed by atoms with E-state index >= 15 is 0 Å². The number of carbonyl (C=O) groups excluding carboxylic acids is 1. The normalized spacial score (nSPS) is 14.0. The van der Waals surface area contributed by atoms with Crippen LogP contribution in [-0.4, -0.2) is 28.7 Å². The average Bonchev–Trinajstić information content (AvgIpc) is 2.33. The molecule has 0 amide bonds. The van der Waals surface area contributed by atoms with Gasteiger partial charge in [-0.15, -0.1) is 11.8 Å². The lowest BCUT2D eigenvalue weighted by molar-refractivity contribution is -0.154. The van der Waals surface area contributed by atoms with Crippen molar-refractivity contribution in [2.24, 2.45) is 0 Å². The summed E-state index contributed by atoms with van der Waals surface area (Å²) in [6.07, 6.45) is -0.658. The van der Waals surface area contributed by atoms with E-state index in [1.54, 1.807) is 0 Å². The molecule has 0 aromatic rings. The van der Waals surface area contributed by atoms with Gasteiger partial charge in [0.15, 0.2) is 0 Å². The summed E-state index contributed by atoms with van der Waals surface area (Å²) in [5.41, 5.74) is -0.505. The number of carbonyl (C=O) groups is 1. The maximum atomic E-state index is 12.1. The van der Waals surface area contributed by atoms with E-state index in [0.717, 1.165) is 19.3 Å². The third kappa shape index (κ3) is 13.3. The molecule has 0 radical (unpaired) electrons. The third-order valence-corrected chi connectivity index (χ3v) is 4.27. The van der Waals surface area contributed by atoms with Crippen LogP contribution >= 0.6 is 11.8 Å². The van der Waals surface area contributed by atoms with Gasteiger partial charge in [-0.2, -0.15) is 13.2 Å². The Morgan fingerprint density at radius 1 is 1.09 bits per heavy atom. The van der Waals surface area contributed by atoms with Crippen LogP contribution in [0.1, 0.15) is 72.6 Å². The van der Waals surface area contributed by atoms with E-state index in [2.05, 4.69) is 6.92 Å². The minimum atomic E-state index is -4.06. The first-order valence-corrected chi connectivity index (χ1v) is 9.01. The topological polar surface area (TPSA) is 26.3 Å². The minimum Gasteiger partial charge on any atom is -0.459 e. The van der Waals surface area contributed by atoms with Crippen LogP contribution in [-0.2, 0) is 9.53 Å². The molecule has 1 atom stereocenters. The fraction of sp³-hybridized carbons (Fsp3) is 0.938. The number of ether oxygens (including phenoxy) is 1. The van der Waals surface area contributed by atoms with E-state index in [-0.39, 0.29) is 17.6 Å². The number of hydrogen-bond donors (Lipinski definition) is 0. The Morgan fingerprint density at radius 3 is 2.23 bits per heavy atom. The maximum Gasteiger partial charge on any atom is 0.389 e. The summed E-state index contributed by atoms with van der Waals surface area (Å²) in [7, 11) is 0. The van der Waals surface area contributed by atoms with Gasteiger partial charge in [0.2, 0.25) is 0 Å². The molecular formula is C16H29F3O2S. The van der Waals surface area contributed by atoms with Crippen molar-refractivity contribution in [3.63, 3.8) is 0 Å². The van der Waals surface area contributed by atoms with Crippen molar-refractivity contribution in [3.8, 4) is 0 Å². The summed E-state index contributed by atoms with van der Waals surface area (Å²) in [5, 5.41) is -0.207. The van der Waals surface area contributed by atoms with Crippen LogP contribution in [0.5, 0.6) is 0 Å². The first-order valence-electron chi connectivity index (χ1n) is 7.96. The van der Waals surface area contributed by atoms with Crippen molar-refractivity contribution >= 4 is 17.7 Å². The summed E-state index contributed by atoms with van der Waals surface area (Å²) in [5.74, 6) is 0.493. The highest BCUT2D eigenvalue weighted by molar-refractivity contribution is 8.00. The first kappa shape index (κ1) is 21.6. The van der Waals surface area contributed by atoms with Crippen molar-refractivity contribution < 1.29 is 22.7 Å². The van der Waals surface area contributed by atoms with Gasteiger partial charge in [-0.1, -0.05) is 26.2 Å². The predicted molar refractivity (Wildman–Crippen MR) is 86.1 cm³/mol. The van der Waals surface area contributed by atoms with Crippen LogP contribution in [0.4, 0.5) is 13.2 Å². The summed E-state index contributed by atoms with van der Waals surface area (Å²) in [6.45, 7) is 7.57. The van der Waals surface area contributed by atoms with Gasteiger partial charge >= 0.3 is 12.1 Å². The van der Waals surface area contributed by atoms with Crippen LogP contribution in [0, 0.1) is 0 Å². The predicted octanol–water partition coefficient (Wildman–Crippen LogP) is 5.74. The van der Waals surface area contributed by atoms with E-state index in [1.807, 2.05) is 20.8 Å². The highest BCUT2D eigenvalue weighted by atomic mass is 32.2. The zero-order valence-corrected chi connectivity index (χ0v) is 14.9. The summed E-state index contributed by atoms with van der Waals surface area (Å²) in [6, 6.07) is 0. The van der Waals surface area contributed by atoms with Crippen LogP contribution in [0.3, 0.4) is 0 Å². The van der Waals surface area contributed by atoms with Crippen LogP contribution in [0.25, 0.3) is 0 Å². The highest BCUT2D eigenvalue weighted by Gasteiger charge is 2.26. The summed E-state index contributed by atoms with van der Waals surface area (Å²) < 4.78 is 41.5. The van der Waals surface area contributed by atoms with Gasteiger partial charge in [0.1, 0.15) is 10.9 Å². The molecule has 0 heterocycles. The number of esters is 1. The van der Waals surface area contributed by atoms with Crippen molar-refractivity contribution in [3.05, 3.63) is 0 Å². The Balaban J connectivity index is 4.07. The lowest BCUT2D eigenvalue weighted by Crippen LogP contribution is -2.30. The molecule has 22 heavy (non-hydrogen) atoms. The molecule has 0 aliphatic heterocycles. The monoisotopic (exact) mass is 342 g/mol. The number of rotatable bonds is 10. The molecule has 0 saturated carbocycles. The maximum absolute atomic E-state index is 12.1. The van der Waals surface area contributed by atoms with Gasteiger partial charge in [-0.3, -0.25) is 4.79 Å². The van der Waals surface area contributed by atoms with Gasteiger partial charge < -0.3 is 4.74 Å². The molecule has 0 bridgehead atoms. The molecule has 0 spiro atoms. The number of alkyl halides is 3. The second-order valence-corrected chi connectivity index (χ2v) is 7.77. The minimum absolute atomic E-state index is 0.163.